The third-order valence-corrected chi connectivity index (χ3v) is 7.21. The third kappa shape index (κ3) is 4.35. The van der Waals surface area contributed by atoms with E-state index in [9.17, 15) is 0 Å². The molecule has 172 valence electrons. The molecule has 0 saturated carbocycles. The molecular formula is C25H35N5O2. The first-order valence-corrected chi connectivity index (χ1v) is 12.1. The zero-order valence-corrected chi connectivity index (χ0v) is 19.2. The quantitative estimate of drug-likeness (QED) is 0.653. The van der Waals surface area contributed by atoms with Crippen molar-refractivity contribution in [2.45, 2.75) is 51.2 Å². The maximum absolute atomic E-state index is 5.87. The Morgan fingerprint density at radius 2 is 2.00 bits per heavy atom. The molecule has 0 aliphatic carbocycles. The number of fused-ring (bicyclic) bond motifs is 1. The minimum absolute atomic E-state index is 0.351. The van der Waals surface area contributed by atoms with Gasteiger partial charge in [-0.15, -0.1) is 0 Å². The van der Waals surface area contributed by atoms with E-state index in [2.05, 4.69) is 37.0 Å². The van der Waals surface area contributed by atoms with E-state index in [-0.39, 0.29) is 0 Å². The van der Waals surface area contributed by atoms with Gasteiger partial charge >= 0.3 is 0 Å². The summed E-state index contributed by atoms with van der Waals surface area (Å²) in [5.41, 5.74) is 3.18. The van der Waals surface area contributed by atoms with Gasteiger partial charge in [-0.25, -0.2) is 4.98 Å². The number of ether oxygens (including phenoxy) is 2. The zero-order valence-electron chi connectivity index (χ0n) is 19.2. The number of rotatable bonds is 7. The maximum Gasteiger partial charge on any atom is 0.298 e. The van der Waals surface area contributed by atoms with Crippen LogP contribution in [0.25, 0.3) is 11.2 Å². The van der Waals surface area contributed by atoms with Crippen molar-refractivity contribution in [1.29, 1.82) is 0 Å². The van der Waals surface area contributed by atoms with Crippen molar-refractivity contribution in [3.63, 3.8) is 0 Å². The molecule has 3 aliphatic rings. The topological polar surface area (TPSA) is 55.7 Å². The predicted octanol–water partition coefficient (Wildman–Crippen LogP) is 4.00. The second kappa shape index (κ2) is 9.53. The van der Waals surface area contributed by atoms with Gasteiger partial charge in [0, 0.05) is 49.9 Å². The van der Waals surface area contributed by atoms with Crippen molar-refractivity contribution in [2.75, 3.05) is 39.3 Å². The third-order valence-electron chi connectivity index (χ3n) is 7.21. The lowest BCUT2D eigenvalue weighted by molar-refractivity contribution is 0.0885. The molecule has 0 amide bonds. The molecule has 32 heavy (non-hydrogen) atoms. The Kier molecular flexibility index (Phi) is 6.35. The Hall–Kier alpha value is -2.54. The number of likely N-dealkylation sites (tertiary alicyclic amines) is 2. The molecule has 0 spiro atoms. The van der Waals surface area contributed by atoms with Crippen LogP contribution in [0.15, 0.2) is 42.9 Å². The van der Waals surface area contributed by atoms with Crippen LogP contribution in [-0.2, 0) is 4.74 Å². The van der Waals surface area contributed by atoms with Gasteiger partial charge in [0.15, 0.2) is 5.65 Å². The molecule has 5 rings (SSSR count). The van der Waals surface area contributed by atoms with Crippen molar-refractivity contribution in [3.8, 4) is 6.01 Å². The summed E-state index contributed by atoms with van der Waals surface area (Å²) < 4.78 is 13.7. The van der Waals surface area contributed by atoms with Crippen LogP contribution in [0.3, 0.4) is 0 Å². The molecular weight excluding hydrogens is 402 g/mol. The fraction of sp³-hybridized carbons (Fsp3) is 0.600. The molecule has 2 aromatic heterocycles. The molecule has 7 nitrogen and oxygen atoms in total. The number of hydrogen-bond donors (Lipinski definition) is 0. The van der Waals surface area contributed by atoms with Crippen LogP contribution in [0.1, 0.15) is 45.1 Å². The van der Waals surface area contributed by atoms with Crippen LogP contribution < -0.4 is 4.74 Å². The lowest BCUT2D eigenvalue weighted by atomic mass is 9.91. The Bertz CT molecular complexity index is 946. The molecule has 5 heterocycles. The Morgan fingerprint density at radius 1 is 1.19 bits per heavy atom. The predicted molar refractivity (Wildman–Crippen MR) is 125 cm³/mol. The highest BCUT2D eigenvalue weighted by molar-refractivity contribution is 5.72. The highest BCUT2D eigenvalue weighted by Gasteiger charge is 2.30. The summed E-state index contributed by atoms with van der Waals surface area (Å²) in [7, 11) is 0. The van der Waals surface area contributed by atoms with Crippen molar-refractivity contribution in [2.24, 2.45) is 5.92 Å². The second-order valence-corrected chi connectivity index (χ2v) is 9.19. The Balaban J connectivity index is 1.16. The van der Waals surface area contributed by atoms with E-state index in [1.54, 1.807) is 0 Å². The average molecular weight is 438 g/mol. The van der Waals surface area contributed by atoms with E-state index in [1.807, 2.05) is 31.5 Å². The lowest BCUT2D eigenvalue weighted by Crippen LogP contribution is -2.42. The molecule has 3 aliphatic heterocycles. The molecule has 0 aromatic carbocycles. The van der Waals surface area contributed by atoms with Crippen LogP contribution >= 0.6 is 0 Å². The zero-order chi connectivity index (χ0) is 21.9. The van der Waals surface area contributed by atoms with Crippen molar-refractivity contribution < 1.29 is 9.47 Å². The highest BCUT2D eigenvalue weighted by atomic mass is 16.5. The molecule has 1 atom stereocenters. The molecule has 0 N–H and O–H groups in total. The smallest absolute Gasteiger partial charge is 0.298 e. The first-order chi connectivity index (χ1) is 15.7. The van der Waals surface area contributed by atoms with E-state index < -0.39 is 0 Å². The number of nitrogens with zero attached hydrogens (tertiary/aromatic N) is 5. The van der Waals surface area contributed by atoms with Gasteiger partial charge in [0.05, 0.1) is 12.9 Å². The van der Waals surface area contributed by atoms with Gasteiger partial charge in [-0.05, 0) is 63.9 Å². The normalized spacial score (nSPS) is 23.0. The van der Waals surface area contributed by atoms with Crippen LogP contribution in [0.5, 0.6) is 6.01 Å². The van der Waals surface area contributed by atoms with Crippen LogP contribution in [0.4, 0.5) is 0 Å². The largest absolute Gasteiger partial charge is 0.497 e. The Morgan fingerprint density at radius 3 is 2.72 bits per heavy atom. The van der Waals surface area contributed by atoms with E-state index in [0.29, 0.717) is 30.7 Å². The van der Waals surface area contributed by atoms with Gasteiger partial charge in [0.2, 0.25) is 0 Å². The first-order valence-electron chi connectivity index (χ1n) is 12.1. The van der Waals surface area contributed by atoms with E-state index >= 15 is 0 Å². The maximum atomic E-state index is 5.87. The van der Waals surface area contributed by atoms with Crippen molar-refractivity contribution in [1.82, 2.24) is 24.3 Å². The van der Waals surface area contributed by atoms with Crippen molar-refractivity contribution in [3.05, 3.63) is 42.9 Å². The van der Waals surface area contributed by atoms with Crippen LogP contribution in [-0.4, -0.2) is 69.8 Å². The standard InChI is InChI=1S/C25H35N5O2/c1-3-31-25-27-23-7-4-12-26-24(23)30(25)21-10-15-29(16-11-21)19(2)20-8-13-28(14-9-20)18-22-6-5-17-32-22/h4-5,7,12,17,20-22H,2-3,6,8-11,13-16,18H2,1H3. The van der Waals surface area contributed by atoms with Gasteiger partial charge in [-0.3, -0.25) is 9.47 Å². The highest BCUT2D eigenvalue weighted by Crippen LogP contribution is 2.34. The number of pyridine rings is 1. The van der Waals surface area contributed by atoms with E-state index in [0.717, 1.165) is 63.2 Å². The summed E-state index contributed by atoms with van der Waals surface area (Å²) in [4.78, 5) is 14.4. The molecule has 0 bridgehead atoms. The number of piperidine rings is 2. The SMILES string of the molecule is C=C(C1CCN(CC2CC=CO2)CC1)N1CCC(n2c(OCC)nc3cccnc32)CC1. The number of aromatic nitrogens is 3. The summed E-state index contributed by atoms with van der Waals surface area (Å²) in [5.74, 6) is 0.597. The molecule has 2 saturated heterocycles. The number of allylic oxidation sites excluding steroid dienone is 1. The Labute approximate surface area is 190 Å². The van der Waals surface area contributed by atoms with Gasteiger partial charge in [-0.1, -0.05) is 6.58 Å². The molecule has 2 aromatic rings. The number of imidazole rings is 1. The van der Waals surface area contributed by atoms with Crippen LogP contribution in [0.2, 0.25) is 0 Å². The summed E-state index contributed by atoms with van der Waals surface area (Å²) in [6.45, 7) is 12.5. The molecule has 2 fully saturated rings. The second-order valence-electron chi connectivity index (χ2n) is 9.19. The molecule has 7 heteroatoms. The first kappa shape index (κ1) is 21.3. The fourth-order valence-corrected chi connectivity index (χ4v) is 5.42. The fourth-order valence-electron chi connectivity index (χ4n) is 5.42. The summed E-state index contributed by atoms with van der Waals surface area (Å²) in [6.07, 6.45) is 11.7. The van der Waals surface area contributed by atoms with E-state index in [1.165, 1.54) is 18.5 Å². The molecule has 1 unspecified atom stereocenters. The lowest BCUT2D eigenvalue weighted by Gasteiger charge is -2.41. The van der Waals surface area contributed by atoms with Gasteiger partial charge in [0.25, 0.3) is 6.01 Å². The van der Waals surface area contributed by atoms with Gasteiger partial charge < -0.3 is 14.4 Å². The van der Waals surface area contributed by atoms with Gasteiger partial charge in [-0.2, -0.15) is 4.98 Å². The number of hydrogen-bond acceptors (Lipinski definition) is 6. The minimum atomic E-state index is 0.351. The molecule has 0 radical (unpaired) electrons. The minimum Gasteiger partial charge on any atom is -0.497 e. The summed E-state index contributed by atoms with van der Waals surface area (Å²) in [6, 6.07) is 5.01. The van der Waals surface area contributed by atoms with Gasteiger partial charge in [0.1, 0.15) is 11.6 Å². The average Bonchev–Trinajstić information content (AvgIpc) is 3.47. The van der Waals surface area contributed by atoms with E-state index in [4.69, 9.17) is 9.47 Å². The summed E-state index contributed by atoms with van der Waals surface area (Å²) >= 11 is 0. The monoisotopic (exact) mass is 437 g/mol. The summed E-state index contributed by atoms with van der Waals surface area (Å²) in [5, 5.41) is 0. The van der Waals surface area contributed by atoms with Crippen molar-refractivity contribution >= 4 is 11.2 Å². The van der Waals surface area contributed by atoms with Crippen LogP contribution in [0, 0.1) is 5.92 Å².